The largest absolute Gasteiger partial charge is 0.497 e. The number of thiocarbonyl (C=S) groups is 1. The van der Waals surface area contributed by atoms with E-state index in [9.17, 15) is 0 Å². The fourth-order valence-corrected chi connectivity index (χ4v) is 2.20. The molecule has 100 valence electrons. The number of thiazole rings is 1. The number of hydrogen-bond donors (Lipinski definition) is 3. The minimum absolute atomic E-state index is 0.459. The van der Waals surface area contributed by atoms with Gasteiger partial charge in [0.15, 0.2) is 5.11 Å². The van der Waals surface area contributed by atoms with Gasteiger partial charge in [-0.2, -0.15) is 0 Å². The van der Waals surface area contributed by atoms with E-state index < -0.39 is 0 Å². The van der Waals surface area contributed by atoms with E-state index in [-0.39, 0.29) is 0 Å². The molecule has 1 aromatic carbocycles. The summed E-state index contributed by atoms with van der Waals surface area (Å²) in [4.78, 5) is 4.25. The monoisotopic (exact) mass is 294 g/mol. The van der Waals surface area contributed by atoms with Gasteiger partial charge >= 0.3 is 0 Å². The minimum Gasteiger partial charge on any atom is -0.497 e. The number of aryl methyl sites for hydroxylation is 1. The van der Waals surface area contributed by atoms with Crippen LogP contribution >= 0.6 is 23.6 Å². The quantitative estimate of drug-likeness (QED) is 0.595. The predicted octanol–water partition coefficient (Wildman–Crippen LogP) is 2.77. The van der Waals surface area contributed by atoms with Gasteiger partial charge in [0.2, 0.25) is 5.13 Å². The number of methoxy groups -OCH3 is 1. The van der Waals surface area contributed by atoms with Crippen LogP contribution in [0.25, 0.3) is 0 Å². The zero-order valence-electron chi connectivity index (χ0n) is 10.6. The van der Waals surface area contributed by atoms with Crippen LogP contribution in [0.15, 0.2) is 29.6 Å². The van der Waals surface area contributed by atoms with Gasteiger partial charge in [-0.15, -0.1) is 11.3 Å². The summed E-state index contributed by atoms with van der Waals surface area (Å²) in [5.74, 6) is 0.774. The van der Waals surface area contributed by atoms with Crippen molar-refractivity contribution in [1.29, 1.82) is 0 Å². The van der Waals surface area contributed by atoms with Gasteiger partial charge in [-0.3, -0.25) is 10.9 Å². The lowest BCUT2D eigenvalue weighted by molar-refractivity contribution is 0.415. The number of benzene rings is 1. The lowest BCUT2D eigenvalue weighted by atomic mass is 10.3. The van der Waals surface area contributed by atoms with Gasteiger partial charge in [-0.1, -0.05) is 6.07 Å². The van der Waals surface area contributed by atoms with E-state index in [4.69, 9.17) is 17.0 Å². The molecule has 0 unspecified atom stereocenters. The average Bonchev–Trinajstić information content (AvgIpc) is 2.82. The van der Waals surface area contributed by atoms with Crippen molar-refractivity contribution >= 4 is 39.5 Å². The number of hydrazine groups is 1. The summed E-state index contributed by atoms with van der Waals surface area (Å²) in [5.41, 5.74) is 7.64. The molecule has 2 aromatic rings. The fraction of sp³-hybridized carbons (Fsp3) is 0.167. The lowest BCUT2D eigenvalue weighted by Gasteiger charge is -2.11. The Kier molecular flexibility index (Phi) is 4.53. The van der Waals surface area contributed by atoms with Crippen molar-refractivity contribution in [2.75, 3.05) is 17.9 Å². The number of nitrogens with zero attached hydrogens (tertiary/aromatic N) is 1. The van der Waals surface area contributed by atoms with E-state index >= 15 is 0 Å². The molecule has 0 bridgehead atoms. The summed E-state index contributed by atoms with van der Waals surface area (Å²) in [6, 6.07) is 7.53. The number of ether oxygens (including phenoxy) is 1. The molecule has 1 heterocycles. The van der Waals surface area contributed by atoms with Crippen LogP contribution in [-0.4, -0.2) is 17.2 Å². The molecule has 0 saturated carbocycles. The molecule has 5 nitrogen and oxygen atoms in total. The van der Waals surface area contributed by atoms with Crippen molar-refractivity contribution in [3.05, 3.63) is 35.3 Å². The first-order valence-electron chi connectivity index (χ1n) is 5.56. The topological polar surface area (TPSA) is 58.2 Å². The van der Waals surface area contributed by atoms with E-state index in [0.29, 0.717) is 5.11 Å². The molecular weight excluding hydrogens is 280 g/mol. The molecule has 0 fully saturated rings. The maximum atomic E-state index is 5.17. The van der Waals surface area contributed by atoms with Crippen LogP contribution in [0.5, 0.6) is 5.75 Å². The molecule has 0 aliphatic rings. The Hall–Kier alpha value is -1.86. The van der Waals surface area contributed by atoms with Crippen LogP contribution in [-0.2, 0) is 0 Å². The number of anilines is 2. The third kappa shape index (κ3) is 4.08. The Morgan fingerprint density at radius 2 is 2.26 bits per heavy atom. The summed E-state index contributed by atoms with van der Waals surface area (Å²) >= 11 is 6.68. The standard InChI is InChI=1S/C12H14N4OS2/c1-8-7-19-12(13-8)16-15-11(18)14-9-4-3-5-10(6-9)17-2/h3-7H,1-2H3,(H,13,16)(H2,14,15,18). The van der Waals surface area contributed by atoms with Gasteiger partial charge in [0, 0.05) is 17.1 Å². The number of hydrogen-bond acceptors (Lipinski definition) is 5. The minimum atomic E-state index is 0.459. The fourth-order valence-electron chi connectivity index (χ4n) is 1.38. The Labute approximate surface area is 121 Å². The lowest BCUT2D eigenvalue weighted by Crippen LogP contribution is -2.33. The molecule has 2 rings (SSSR count). The molecule has 3 N–H and O–H groups in total. The summed E-state index contributed by atoms with van der Waals surface area (Å²) in [5, 5.41) is 6.24. The molecule has 19 heavy (non-hydrogen) atoms. The highest BCUT2D eigenvalue weighted by atomic mass is 32.1. The number of rotatable bonds is 4. The second-order valence-electron chi connectivity index (χ2n) is 3.73. The zero-order valence-corrected chi connectivity index (χ0v) is 12.2. The highest BCUT2D eigenvalue weighted by Gasteiger charge is 2.01. The maximum Gasteiger partial charge on any atom is 0.201 e. The predicted molar refractivity (Wildman–Crippen MR) is 82.8 cm³/mol. The average molecular weight is 294 g/mol. The molecule has 0 aliphatic carbocycles. The van der Waals surface area contributed by atoms with Gasteiger partial charge in [0.05, 0.1) is 12.8 Å². The van der Waals surface area contributed by atoms with Crippen LogP contribution in [0.1, 0.15) is 5.69 Å². The van der Waals surface area contributed by atoms with Gasteiger partial charge in [0.1, 0.15) is 5.75 Å². The molecule has 1 aromatic heterocycles. The Balaban J connectivity index is 1.86. The van der Waals surface area contributed by atoms with Gasteiger partial charge in [-0.05, 0) is 31.3 Å². The van der Waals surface area contributed by atoms with Crippen molar-refractivity contribution in [1.82, 2.24) is 10.4 Å². The first-order valence-corrected chi connectivity index (χ1v) is 6.85. The molecular formula is C12H14N4OS2. The summed E-state index contributed by atoms with van der Waals surface area (Å²) < 4.78 is 5.14. The van der Waals surface area contributed by atoms with Gasteiger partial charge in [0.25, 0.3) is 0 Å². The van der Waals surface area contributed by atoms with Crippen molar-refractivity contribution in [2.45, 2.75) is 6.92 Å². The maximum absolute atomic E-state index is 5.17. The summed E-state index contributed by atoms with van der Waals surface area (Å²) in [6.45, 7) is 1.94. The van der Waals surface area contributed by atoms with Gasteiger partial charge < -0.3 is 10.1 Å². The molecule has 0 aliphatic heterocycles. The van der Waals surface area contributed by atoms with Crippen LogP contribution in [0.2, 0.25) is 0 Å². The van der Waals surface area contributed by atoms with Crippen LogP contribution in [0.4, 0.5) is 10.8 Å². The van der Waals surface area contributed by atoms with E-state index in [2.05, 4.69) is 21.2 Å². The molecule has 0 amide bonds. The molecule has 7 heteroatoms. The summed E-state index contributed by atoms with van der Waals surface area (Å²) in [7, 11) is 1.63. The van der Waals surface area contributed by atoms with Crippen molar-refractivity contribution in [2.24, 2.45) is 0 Å². The highest BCUT2D eigenvalue weighted by molar-refractivity contribution is 7.80. The van der Waals surface area contributed by atoms with Crippen molar-refractivity contribution < 1.29 is 4.74 Å². The van der Waals surface area contributed by atoms with E-state index in [1.807, 2.05) is 36.6 Å². The Bertz CT molecular complexity index is 570. The normalized spacial score (nSPS) is 9.79. The second kappa shape index (κ2) is 6.35. The van der Waals surface area contributed by atoms with E-state index in [0.717, 1.165) is 22.3 Å². The summed E-state index contributed by atoms with van der Waals surface area (Å²) in [6.07, 6.45) is 0. The van der Waals surface area contributed by atoms with Crippen LogP contribution < -0.4 is 20.9 Å². The molecule has 0 radical (unpaired) electrons. The molecule has 0 atom stereocenters. The van der Waals surface area contributed by atoms with Crippen LogP contribution in [0.3, 0.4) is 0 Å². The van der Waals surface area contributed by atoms with Crippen LogP contribution in [0, 0.1) is 6.92 Å². The second-order valence-corrected chi connectivity index (χ2v) is 5.00. The Morgan fingerprint density at radius 1 is 1.42 bits per heavy atom. The van der Waals surface area contributed by atoms with E-state index in [1.54, 1.807) is 7.11 Å². The molecule has 0 saturated heterocycles. The first-order chi connectivity index (χ1) is 9.17. The first kappa shape index (κ1) is 13.6. The smallest absolute Gasteiger partial charge is 0.201 e. The molecule has 0 spiro atoms. The zero-order chi connectivity index (χ0) is 13.7. The third-order valence-electron chi connectivity index (χ3n) is 2.23. The van der Waals surface area contributed by atoms with Crippen molar-refractivity contribution in [3.8, 4) is 5.75 Å². The third-order valence-corrected chi connectivity index (χ3v) is 3.31. The van der Waals surface area contributed by atoms with Crippen molar-refractivity contribution in [3.63, 3.8) is 0 Å². The number of aromatic nitrogens is 1. The highest BCUT2D eigenvalue weighted by Crippen LogP contribution is 2.16. The van der Waals surface area contributed by atoms with Gasteiger partial charge in [-0.25, -0.2) is 4.98 Å². The van der Waals surface area contributed by atoms with E-state index in [1.165, 1.54) is 11.3 Å². The Morgan fingerprint density at radius 3 is 2.95 bits per heavy atom. The SMILES string of the molecule is COc1cccc(NC(=S)NNc2nc(C)cs2)c1. The number of nitrogens with one attached hydrogen (secondary N) is 3.